The lowest BCUT2D eigenvalue weighted by Gasteiger charge is -2.19. The fraction of sp³-hybridized carbons (Fsp3) is 0.417. The number of primary amides is 1. The maximum absolute atomic E-state index is 11.0. The molecule has 2 atom stereocenters. The molecule has 0 saturated carbocycles. The topological polar surface area (TPSA) is 75.4 Å². The van der Waals surface area contributed by atoms with E-state index in [2.05, 4.69) is 17.4 Å². The highest BCUT2D eigenvalue weighted by molar-refractivity contribution is 5.85. The van der Waals surface area contributed by atoms with Gasteiger partial charge in [0.2, 0.25) is 5.91 Å². The maximum atomic E-state index is 11.0. The Morgan fingerprint density at radius 3 is 2.88 bits per heavy atom. The van der Waals surface area contributed by atoms with E-state index in [0.717, 1.165) is 12.8 Å². The highest BCUT2D eigenvalue weighted by atomic mass is 35.5. The number of aliphatic hydroxyl groups excluding tert-OH is 1. The number of carbonyl (C=O) groups is 1. The van der Waals surface area contributed by atoms with Gasteiger partial charge in [-0.3, -0.25) is 10.1 Å². The highest BCUT2D eigenvalue weighted by Gasteiger charge is 2.25. The van der Waals surface area contributed by atoms with Gasteiger partial charge < -0.3 is 10.8 Å². The number of aryl methyl sites for hydroxylation is 1. The number of hydrogen-bond donors (Lipinski definition) is 3. The van der Waals surface area contributed by atoms with Crippen molar-refractivity contribution in [3.05, 3.63) is 35.4 Å². The Hall–Kier alpha value is -1.10. The average molecular weight is 257 g/mol. The maximum Gasteiger partial charge on any atom is 0.236 e. The Balaban J connectivity index is 0.00000144. The Kier molecular flexibility index (Phi) is 4.93. The van der Waals surface area contributed by atoms with E-state index in [4.69, 9.17) is 10.8 Å². The lowest BCUT2D eigenvalue weighted by atomic mass is 10.1. The highest BCUT2D eigenvalue weighted by Crippen LogP contribution is 2.30. The zero-order chi connectivity index (χ0) is 11.5. The number of hydrogen-bond acceptors (Lipinski definition) is 3. The minimum Gasteiger partial charge on any atom is -0.394 e. The van der Waals surface area contributed by atoms with Crippen LogP contribution in [0.15, 0.2) is 24.3 Å². The molecule has 2 unspecified atom stereocenters. The van der Waals surface area contributed by atoms with Gasteiger partial charge in [-0.25, -0.2) is 0 Å². The van der Waals surface area contributed by atoms with Gasteiger partial charge >= 0.3 is 0 Å². The summed E-state index contributed by atoms with van der Waals surface area (Å²) in [6, 6.07) is 7.61. The molecule has 0 heterocycles. The van der Waals surface area contributed by atoms with E-state index in [-0.39, 0.29) is 25.1 Å². The number of fused-ring (bicyclic) bond motifs is 1. The Labute approximate surface area is 107 Å². The second-order valence-electron chi connectivity index (χ2n) is 4.09. The number of carbonyl (C=O) groups excluding carboxylic acids is 1. The van der Waals surface area contributed by atoms with E-state index >= 15 is 0 Å². The van der Waals surface area contributed by atoms with E-state index in [1.54, 1.807) is 0 Å². The summed E-state index contributed by atoms with van der Waals surface area (Å²) in [5.74, 6) is -0.508. The van der Waals surface area contributed by atoms with Crippen LogP contribution >= 0.6 is 12.4 Å². The van der Waals surface area contributed by atoms with E-state index in [1.165, 1.54) is 11.1 Å². The molecule has 2 rings (SSSR count). The zero-order valence-electron chi connectivity index (χ0n) is 9.43. The van der Waals surface area contributed by atoms with Crippen LogP contribution in [-0.2, 0) is 11.2 Å². The molecule has 0 aliphatic heterocycles. The SMILES string of the molecule is Cl.NC(=O)C(CO)NC1CCc2ccccc21. The molecule has 17 heavy (non-hydrogen) atoms. The molecule has 1 aromatic carbocycles. The van der Waals surface area contributed by atoms with Crippen LogP contribution in [0.1, 0.15) is 23.6 Å². The minimum absolute atomic E-state index is 0. The van der Waals surface area contributed by atoms with Crippen molar-refractivity contribution in [2.24, 2.45) is 5.73 Å². The fourth-order valence-electron chi connectivity index (χ4n) is 2.20. The van der Waals surface area contributed by atoms with Crippen molar-refractivity contribution in [1.82, 2.24) is 5.32 Å². The number of halogens is 1. The van der Waals surface area contributed by atoms with Crippen LogP contribution in [-0.4, -0.2) is 23.7 Å². The fourth-order valence-corrected chi connectivity index (χ4v) is 2.20. The van der Waals surface area contributed by atoms with Crippen LogP contribution in [0.3, 0.4) is 0 Å². The van der Waals surface area contributed by atoms with Crippen molar-refractivity contribution < 1.29 is 9.90 Å². The molecule has 5 heteroatoms. The quantitative estimate of drug-likeness (QED) is 0.736. The summed E-state index contributed by atoms with van der Waals surface area (Å²) in [4.78, 5) is 11.0. The van der Waals surface area contributed by atoms with Crippen LogP contribution in [0.5, 0.6) is 0 Å². The summed E-state index contributed by atoms with van der Waals surface area (Å²) in [6.45, 7) is -0.256. The van der Waals surface area contributed by atoms with Gasteiger partial charge in [0.25, 0.3) is 0 Å². The molecule has 94 valence electrons. The van der Waals surface area contributed by atoms with E-state index in [0.29, 0.717) is 0 Å². The monoisotopic (exact) mass is 256 g/mol. The third-order valence-electron chi connectivity index (χ3n) is 3.06. The van der Waals surface area contributed by atoms with Gasteiger partial charge in [0.05, 0.1) is 6.61 Å². The number of benzene rings is 1. The van der Waals surface area contributed by atoms with Crippen molar-refractivity contribution in [1.29, 1.82) is 0 Å². The van der Waals surface area contributed by atoms with Gasteiger partial charge in [-0.15, -0.1) is 12.4 Å². The Morgan fingerprint density at radius 2 is 2.24 bits per heavy atom. The molecule has 4 nitrogen and oxygen atoms in total. The first-order valence-electron chi connectivity index (χ1n) is 5.46. The molecule has 1 amide bonds. The smallest absolute Gasteiger partial charge is 0.236 e. The predicted octanol–water partition coefficient (Wildman–Crippen LogP) is 0.531. The Morgan fingerprint density at radius 1 is 1.53 bits per heavy atom. The van der Waals surface area contributed by atoms with Crippen molar-refractivity contribution in [2.45, 2.75) is 24.9 Å². The summed E-state index contributed by atoms with van der Waals surface area (Å²) in [6.07, 6.45) is 1.95. The van der Waals surface area contributed by atoms with Gasteiger partial charge in [0.1, 0.15) is 6.04 Å². The number of rotatable bonds is 4. The second kappa shape index (κ2) is 6.00. The summed E-state index contributed by atoms with van der Waals surface area (Å²) in [7, 11) is 0. The molecule has 0 fully saturated rings. The Bertz CT molecular complexity index is 398. The summed E-state index contributed by atoms with van der Waals surface area (Å²) >= 11 is 0. The van der Waals surface area contributed by atoms with Crippen molar-refractivity contribution in [2.75, 3.05) is 6.61 Å². The van der Waals surface area contributed by atoms with Gasteiger partial charge in [-0.05, 0) is 24.0 Å². The summed E-state index contributed by atoms with van der Waals surface area (Å²) in [5.41, 5.74) is 7.70. The van der Waals surface area contributed by atoms with E-state index in [1.807, 2.05) is 12.1 Å². The lowest BCUT2D eigenvalue weighted by molar-refractivity contribution is -0.121. The van der Waals surface area contributed by atoms with Crippen LogP contribution in [0, 0.1) is 0 Å². The zero-order valence-corrected chi connectivity index (χ0v) is 10.2. The van der Waals surface area contributed by atoms with Gasteiger partial charge in [-0.1, -0.05) is 24.3 Å². The van der Waals surface area contributed by atoms with Crippen LogP contribution < -0.4 is 11.1 Å². The standard InChI is InChI=1S/C12H16N2O2.ClH/c13-12(16)11(7-15)14-10-6-5-8-3-1-2-4-9(8)10;/h1-4,10-11,14-15H,5-7H2,(H2,13,16);1H. The normalized spacial score (nSPS) is 19.2. The number of nitrogens with two attached hydrogens (primary N) is 1. The van der Waals surface area contributed by atoms with E-state index < -0.39 is 11.9 Å². The van der Waals surface area contributed by atoms with Gasteiger partial charge in [0, 0.05) is 6.04 Å². The van der Waals surface area contributed by atoms with E-state index in [9.17, 15) is 4.79 Å². The molecule has 1 aromatic rings. The minimum atomic E-state index is -0.656. The van der Waals surface area contributed by atoms with Crippen molar-refractivity contribution >= 4 is 18.3 Å². The molecule has 0 bridgehead atoms. The molecule has 4 N–H and O–H groups in total. The first-order chi connectivity index (χ1) is 7.72. The van der Waals surface area contributed by atoms with Gasteiger partial charge in [-0.2, -0.15) is 0 Å². The predicted molar refractivity (Wildman–Crippen MR) is 68.0 cm³/mol. The summed E-state index contributed by atoms with van der Waals surface area (Å²) < 4.78 is 0. The van der Waals surface area contributed by atoms with Crippen molar-refractivity contribution in [3.63, 3.8) is 0 Å². The van der Waals surface area contributed by atoms with Crippen LogP contribution in [0.2, 0.25) is 0 Å². The molecular formula is C12H17ClN2O2. The number of amides is 1. The first kappa shape index (κ1) is 14.0. The molecule has 0 spiro atoms. The van der Waals surface area contributed by atoms with Crippen LogP contribution in [0.25, 0.3) is 0 Å². The van der Waals surface area contributed by atoms with Gasteiger partial charge in [0.15, 0.2) is 0 Å². The number of nitrogens with one attached hydrogen (secondary N) is 1. The molecule has 1 aliphatic carbocycles. The third kappa shape index (κ3) is 2.97. The molecule has 0 saturated heterocycles. The summed E-state index contributed by atoms with van der Waals surface area (Å²) in [5, 5.41) is 12.1. The third-order valence-corrected chi connectivity index (χ3v) is 3.06. The molecule has 0 aromatic heterocycles. The molecule has 1 aliphatic rings. The molecule has 0 radical (unpaired) electrons. The largest absolute Gasteiger partial charge is 0.394 e. The second-order valence-corrected chi connectivity index (χ2v) is 4.09. The molecular weight excluding hydrogens is 240 g/mol. The van der Waals surface area contributed by atoms with Crippen molar-refractivity contribution in [3.8, 4) is 0 Å². The number of aliphatic hydroxyl groups is 1. The van der Waals surface area contributed by atoms with Crippen LogP contribution in [0.4, 0.5) is 0 Å². The first-order valence-corrected chi connectivity index (χ1v) is 5.46. The lowest BCUT2D eigenvalue weighted by Crippen LogP contribution is -2.45. The average Bonchev–Trinajstić information content (AvgIpc) is 2.69.